The Bertz CT molecular complexity index is 525. The fourth-order valence-corrected chi connectivity index (χ4v) is 3.23. The highest BCUT2D eigenvalue weighted by Crippen LogP contribution is 2.37. The molecule has 2 N–H and O–H groups in total. The van der Waals surface area contributed by atoms with Crippen LogP contribution >= 0.6 is 0 Å². The molecule has 1 aliphatic heterocycles. The van der Waals surface area contributed by atoms with Crippen molar-refractivity contribution in [3.8, 4) is 5.75 Å². The molecule has 4 nitrogen and oxygen atoms in total. The van der Waals surface area contributed by atoms with Crippen LogP contribution in [0.4, 0.5) is 11.4 Å². The van der Waals surface area contributed by atoms with Gasteiger partial charge in [-0.05, 0) is 42.9 Å². The van der Waals surface area contributed by atoms with E-state index in [1.165, 1.54) is 25.7 Å². The maximum Gasteiger partial charge on any atom is 0.262 e. The van der Waals surface area contributed by atoms with Crippen molar-refractivity contribution >= 4 is 17.3 Å². The van der Waals surface area contributed by atoms with Crippen molar-refractivity contribution in [2.75, 3.05) is 17.2 Å². The molecule has 0 radical (unpaired) electrons. The Kier molecular flexibility index (Phi) is 3.32. The van der Waals surface area contributed by atoms with Gasteiger partial charge >= 0.3 is 0 Å². The first-order chi connectivity index (χ1) is 9.52. The van der Waals surface area contributed by atoms with Crippen LogP contribution in [-0.4, -0.2) is 18.6 Å². The lowest BCUT2D eigenvalue weighted by Crippen LogP contribution is -2.32. The molecule has 1 heterocycles. The van der Waals surface area contributed by atoms with Crippen molar-refractivity contribution < 1.29 is 9.53 Å². The smallest absolute Gasteiger partial charge is 0.262 e. The lowest BCUT2D eigenvalue weighted by Gasteiger charge is -2.36. The maximum atomic E-state index is 11.4. The van der Waals surface area contributed by atoms with Crippen LogP contribution in [-0.2, 0) is 4.79 Å². The van der Waals surface area contributed by atoms with Gasteiger partial charge in [0.25, 0.3) is 5.91 Å². The van der Waals surface area contributed by atoms with E-state index in [1.54, 1.807) is 0 Å². The van der Waals surface area contributed by atoms with Crippen LogP contribution in [0, 0.1) is 5.41 Å². The first kappa shape index (κ1) is 13.3. The fourth-order valence-electron chi connectivity index (χ4n) is 3.23. The van der Waals surface area contributed by atoms with Gasteiger partial charge in [0.05, 0.1) is 5.69 Å². The standard InChI is InChI=1S/C16H22N2O2/c1-16(2)7-3-4-12(9-16)17-11-5-6-14-13(8-11)18-15(19)10-20-14/h5-6,8,12,17H,3-4,7,9-10H2,1-2H3,(H,18,19). The summed E-state index contributed by atoms with van der Waals surface area (Å²) in [6.45, 7) is 4.78. The van der Waals surface area contributed by atoms with Crippen LogP contribution in [0.1, 0.15) is 39.5 Å². The molecule has 1 saturated carbocycles. The van der Waals surface area contributed by atoms with Crippen LogP contribution < -0.4 is 15.4 Å². The van der Waals surface area contributed by atoms with E-state index in [1.807, 2.05) is 18.2 Å². The number of amides is 1. The molecule has 3 rings (SSSR count). The van der Waals surface area contributed by atoms with Crippen molar-refractivity contribution in [1.82, 2.24) is 0 Å². The number of nitrogens with one attached hydrogen (secondary N) is 2. The molecule has 20 heavy (non-hydrogen) atoms. The minimum Gasteiger partial charge on any atom is -0.482 e. The Balaban J connectivity index is 1.72. The molecule has 0 saturated heterocycles. The molecule has 1 aromatic carbocycles. The molecule has 1 atom stereocenters. The molecule has 1 aliphatic carbocycles. The summed E-state index contributed by atoms with van der Waals surface area (Å²) in [7, 11) is 0. The average Bonchev–Trinajstić information content (AvgIpc) is 2.37. The first-order valence-corrected chi connectivity index (χ1v) is 7.35. The highest BCUT2D eigenvalue weighted by atomic mass is 16.5. The summed E-state index contributed by atoms with van der Waals surface area (Å²) >= 11 is 0. The van der Waals surface area contributed by atoms with Gasteiger partial charge in [-0.3, -0.25) is 4.79 Å². The Morgan fingerprint density at radius 1 is 1.40 bits per heavy atom. The second kappa shape index (κ2) is 5.00. The van der Waals surface area contributed by atoms with Gasteiger partial charge in [0.2, 0.25) is 0 Å². The number of hydrogen-bond donors (Lipinski definition) is 2. The third kappa shape index (κ3) is 2.89. The van der Waals surface area contributed by atoms with E-state index in [2.05, 4.69) is 24.5 Å². The van der Waals surface area contributed by atoms with E-state index in [0.29, 0.717) is 11.5 Å². The lowest BCUT2D eigenvalue weighted by atomic mass is 9.75. The molecular formula is C16H22N2O2. The lowest BCUT2D eigenvalue weighted by molar-refractivity contribution is -0.118. The Morgan fingerprint density at radius 3 is 3.05 bits per heavy atom. The summed E-state index contributed by atoms with van der Waals surface area (Å²) in [5.74, 6) is 0.660. The van der Waals surface area contributed by atoms with E-state index in [0.717, 1.165) is 17.1 Å². The van der Waals surface area contributed by atoms with Crippen molar-refractivity contribution in [2.45, 2.75) is 45.6 Å². The summed E-state index contributed by atoms with van der Waals surface area (Å²) in [6, 6.07) is 6.42. The zero-order chi connectivity index (χ0) is 14.2. The van der Waals surface area contributed by atoms with Crippen LogP contribution in [0.25, 0.3) is 0 Å². The molecule has 1 unspecified atom stereocenters. The number of carbonyl (C=O) groups is 1. The quantitative estimate of drug-likeness (QED) is 0.869. The van der Waals surface area contributed by atoms with Crippen LogP contribution in [0.2, 0.25) is 0 Å². The molecule has 0 spiro atoms. The van der Waals surface area contributed by atoms with Gasteiger partial charge in [-0.25, -0.2) is 0 Å². The second-order valence-electron chi connectivity index (χ2n) is 6.65. The van der Waals surface area contributed by atoms with Gasteiger partial charge in [0, 0.05) is 11.7 Å². The Morgan fingerprint density at radius 2 is 2.25 bits per heavy atom. The molecule has 1 fully saturated rings. The number of anilines is 2. The van der Waals surface area contributed by atoms with E-state index in [-0.39, 0.29) is 12.5 Å². The molecule has 0 aromatic heterocycles. The average molecular weight is 274 g/mol. The van der Waals surface area contributed by atoms with Gasteiger partial charge in [-0.2, -0.15) is 0 Å². The third-order valence-corrected chi connectivity index (χ3v) is 4.19. The Hall–Kier alpha value is -1.71. The van der Waals surface area contributed by atoms with Crippen LogP contribution in [0.15, 0.2) is 18.2 Å². The number of rotatable bonds is 2. The van der Waals surface area contributed by atoms with Crippen molar-refractivity contribution in [3.05, 3.63) is 18.2 Å². The van der Waals surface area contributed by atoms with Crippen LogP contribution in [0.3, 0.4) is 0 Å². The van der Waals surface area contributed by atoms with Gasteiger partial charge in [-0.15, -0.1) is 0 Å². The summed E-state index contributed by atoms with van der Waals surface area (Å²) in [6.07, 6.45) is 4.98. The third-order valence-electron chi connectivity index (χ3n) is 4.19. The van der Waals surface area contributed by atoms with Crippen LogP contribution in [0.5, 0.6) is 5.75 Å². The first-order valence-electron chi connectivity index (χ1n) is 7.35. The topological polar surface area (TPSA) is 50.4 Å². The van der Waals surface area contributed by atoms with E-state index >= 15 is 0 Å². The molecule has 108 valence electrons. The van der Waals surface area contributed by atoms with Crippen molar-refractivity contribution in [2.24, 2.45) is 5.41 Å². The van der Waals surface area contributed by atoms with E-state index < -0.39 is 0 Å². The molecule has 1 aromatic rings. The monoisotopic (exact) mass is 274 g/mol. The zero-order valence-corrected chi connectivity index (χ0v) is 12.2. The fraction of sp³-hybridized carbons (Fsp3) is 0.562. The molecule has 4 heteroatoms. The highest BCUT2D eigenvalue weighted by molar-refractivity contribution is 5.96. The van der Waals surface area contributed by atoms with Gasteiger partial charge in [-0.1, -0.05) is 20.3 Å². The number of hydrogen-bond acceptors (Lipinski definition) is 3. The summed E-state index contributed by atoms with van der Waals surface area (Å²) in [5, 5.41) is 6.44. The second-order valence-corrected chi connectivity index (χ2v) is 6.65. The number of carbonyl (C=O) groups excluding carboxylic acids is 1. The normalized spacial score (nSPS) is 24.3. The van der Waals surface area contributed by atoms with Gasteiger partial charge < -0.3 is 15.4 Å². The van der Waals surface area contributed by atoms with E-state index in [9.17, 15) is 4.79 Å². The molecular weight excluding hydrogens is 252 g/mol. The summed E-state index contributed by atoms with van der Waals surface area (Å²) in [5.41, 5.74) is 2.24. The number of ether oxygens (including phenoxy) is 1. The predicted molar refractivity (Wildman–Crippen MR) is 80.2 cm³/mol. The minimum atomic E-state index is -0.0894. The van der Waals surface area contributed by atoms with Crippen molar-refractivity contribution in [3.63, 3.8) is 0 Å². The summed E-state index contributed by atoms with van der Waals surface area (Å²) in [4.78, 5) is 11.4. The summed E-state index contributed by atoms with van der Waals surface area (Å²) < 4.78 is 5.37. The van der Waals surface area contributed by atoms with Gasteiger partial charge in [0.1, 0.15) is 5.75 Å². The molecule has 0 bridgehead atoms. The SMILES string of the molecule is CC1(C)CCCC(Nc2ccc3c(c2)NC(=O)CO3)C1. The number of benzene rings is 1. The Labute approximate surface area is 119 Å². The number of fused-ring (bicyclic) bond motifs is 1. The van der Waals surface area contributed by atoms with E-state index in [4.69, 9.17) is 4.74 Å². The molecule has 2 aliphatic rings. The van der Waals surface area contributed by atoms with Crippen molar-refractivity contribution in [1.29, 1.82) is 0 Å². The maximum absolute atomic E-state index is 11.4. The zero-order valence-electron chi connectivity index (χ0n) is 12.2. The minimum absolute atomic E-state index is 0.0894. The van der Waals surface area contributed by atoms with Gasteiger partial charge in [0.15, 0.2) is 6.61 Å². The predicted octanol–water partition coefficient (Wildman–Crippen LogP) is 3.40. The highest BCUT2D eigenvalue weighted by Gasteiger charge is 2.28. The molecule has 1 amide bonds. The largest absolute Gasteiger partial charge is 0.482 e.